The van der Waals surface area contributed by atoms with Crippen molar-refractivity contribution in [1.82, 2.24) is 4.90 Å². The molecule has 1 aliphatic heterocycles. The Morgan fingerprint density at radius 1 is 1.22 bits per heavy atom. The van der Waals surface area contributed by atoms with Gasteiger partial charge in [-0.1, -0.05) is 12.1 Å². The fourth-order valence-electron chi connectivity index (χ4n) is 3.16. The van der Waals surface area contributed by atoms with Crippen molar-refractivity contribution in [2.75, 3.05) is 20.5 Å². The second-order valence-corrected chi connectivity index (χ2v) is 6.39. The van der Waals surface area contributed by atoms with Gasteiger partial charge in [0.05, 0.1) is 25.7 Å². The molecule has 0 spiro atoms. The Balaban J connectivity index is 1.89. The Morgan fingerprint density at radius 2 is 2.00 bits per heavy atom. The van der Waals surface area contributed by atoms with E-state index in [1.165, 1.54) is 5.57 Å². The number of carbonyl (C=O) groups excluding carboxylic acids is 1. The van der Waals surface area contributed by atoms with Crippen LogP contribution in [0.4, 0.5) is 0 Å². The molecule has 0 bridgehead atoms. The molecule has 2 aliphatic rings. The molecular formula is C18H21NO3S. The van der Waals surface area contributed by atoms with E-state index >= 15 is 0 Å². The van der Waals surface area contributed by atoms with E-state index in [1.807, 2.05) is 29.4 Å². The number of hydrogen-bond donors (Lipinski definition) is 0. The molecule has 1 heterocycles. The summed E-state index contributed by atoms with van der Waals surface area (Å²) in [6, 6.07) is 5.80. The van der Waals surface area contributed by atoms with Gasteiger partial charge in [0.15, 0.2) is 11.5 Å². The normalized spacial score (nSPS) is 17.3. The van der Waals surface area contributed by atoms with Crippen LogP contribution in [0.1, 0.15) is 24.8 Å². The summed E-state index contributed by atoms with van der Waals surface area (Å²) in [6.07, 6.45) is 7.33. The Morgan fingerprint density at radius 3 is 2.70 bits per heavy atom. The summed E-state index contributed by atoms with van der Waals surface area (Å²) in [5.41, 5.74) is 3.35. The summed E-state index contributed by atoms with van der Waals surface area (Å²) < 4.78 is 10.6. The van der Waals surface area contributed by atoms with Crippen molar-refractivity contribution in [2.45, 2.75) is 25.8 Å². The molecule has 0 aromatic heterocycles. The van der Waals surface area contributed by atoms with Gasteiger partial charge >= 0.3 is 0 Å². The Bertz CT molecular complexity index is 694. The van der Waals surface area contributed by atoms with Gasteiger partial charge in [0, 0.05) is 5.70 Å². The van der Waals surface area contributed by atoms with Gasteiger partial charge < -0.3 is 14.4 Å². The molecule has 1 aliphatic carbocycles. The molecule has 0 saturated carbocycles. The van der Waals surface area contributed by atoms with E-state index < -0.39 is 0 Å². The van der Waals surface area contributed by atoms with Crippen LogP contribution in [-0.2, 0) is 11.3 Å². The smallest absolute Gasteiger partial charge is 0.265 e. The maximum absolute atomic E-state index is 12.7. The monoisotopic (exact) mass is 331 g/mol. The number of amides is 1. The number of nitrogens with zero attached hydrogens (tertiary/aromatic N) is 1. The highest BCUT2D eigenvalue weighted by Crippen LogP contribution is 2.41. The fourth-order valence-corrected chi connectivity index (χ4v) is 3.90. The van der Waals surface area contributed by atoms with E-state index in [9.17, 15) is 4.79 Å². The molecule has 4 nitrogen and oxygen atoms in total. The van der Waals surface area contributed by atoms with Gasteiger partial charge in [0.1, 0.15) is 0 Å². The maximum atomic E-state index is 12.7. The summed E-state index contributed by atoms with van der Waals surface area (Å²) in [5, 5.41) is 0. The van der Waals surface area contributed by atoms with E-state index in [0.29, 0.717) is 18.0 Å². The number of thioether (sulfide) groups is 1. The molecule has 0 N–H and O–H groups in total. The zero-order valence-electron chi connectivity index (χ0n) is 13.7. The molecule has 0 atom stereocenters. The van der Waals surface area contributed by atoms with Crippen LogP contribution >= 0.6 is 11.8 Å². The lowest BCUT2D eigenvalue weighted by Gasteiger charge is -2.23. The standard InChI is InChI=1S/C18H21NO3S/c1-21-15-9-8-12(10-16(15)22-2)11-19-14-7-5-4-6-13(14)17(23-3)18(19)20/h7-10H,4-6,11H2,1-3H3. The number of hydrogen-bond acceptors (Lipinski definition) is 4. The van der Waals surface area contributed by atoms with E-state index in [-0.39, 0.29) is 5.91 Å². The lowest BCUT2D eigenvalue weighted by atomic mass is 9.99. The summed E-state index contributed by atoms with van der Waals surface area (Å²) in [7, 11) is 3.24. The molecule has 0 fully saturated rings. The van der Waals surface area contributed by atoms with Crippen molar-refractivity contribution in [3.05, 3.63) is 46.0 Å². The van der Waals surface area contributed by atoms with Gasteiger partial charge in [-0.05, 0) is 48.8 Å². The molecule has 0 saturated heterocycles. The minimum absolute atomic E-state index is 0.121. The van der Waals surface area contributed by atoms with E-state index in [1.54, 1.807) is 26.0 Å². The third-order valence-electron chi connectivity index (χ3n) is 4.27. The van der Waals surface area contributed by atoms with E-state index in [4.69, 9.17) is 9.47 Å². The Kier molecular flexibility index (Phi) is 4.66. The van der Waals surface area contributed by atoms with Gasteiger partial charge in [-0.2, -0.15) is 0 Å². The highest BCUT2D eigenvalue weighted by Gasteiger charge is 2.35. The zero-order chi connectivity index (χ0) is 16.4. The first-order valence-electron chi connectivity index (χ1n) is 7.70. The summed E-state index contributed by atoms with van der Waals surface area (Å²) in [6.45, 7) is 0.554. The van der Waals surface area contributed by atoms with Crippen LogP contribution in [0.2, 0.25) is 0 Å². The van der Waals surface area contributed by atoms with Gasteiger partial charge in [-0.25, -0.2) is 0 Å². The van der Waals surface area contributed by atoms with Crippen LogP contribution in [0.5, 0.6) is 11.5 Å². The second kappa shape index (κ2) is 6.71. The molecule has 0 radical (unpaired) electrons. The van der Waals surface area contributed by atoms with Crippen molar-refractivity contribution in [1.29, 1.82) is 0 Å². The third kappa shape index (κ3) is 2.85. The van der Waals surface area contributed by atoms with Gasteiger partial charge in [-0.15, -0.1) is 11.8 Å². The molecule has 23 heavy (non-hydrogen) atoms. The highest BCUT2D eigenvalue weighted by molar-refractivity contribution is 8.03. The predicted octanol–water partition coefficient (Wildman–Crippen LogP) is 3.73. The largest absolute Gasteiger partial charge is 0.493 e. The first kappa shape index (κ1) is 16.0. The molecular weight excluding hydrogens is 310 g/mol. The molecule has 1 aromatic rings. The molecule has 0 unspecified atom stereocenters. The van der Waals surface area contributed by atoms with Crippen molar-refractivity contribution in [2.24, 2.45) is 0 Å². The minimum Gasteiger partial charge on any atom is -0.493 e. The molecule has 3 rings (SSSR count). The third-order valence-corrected chi connectivity index (χ3v) is 5.10. The number of allylic oxidation sites excluding steroid dienone is 2. The van der Waals surface area contributed by atoms with Crippen molar-refractivity contribution >= 4 is 17.7 Å². The van der Waals surface area contributed by atoms with Crippen LogP contribution in [0.3, 0.4) is 0 Å². The summed E-state index contributed by atoms with van der Waals surface area (Å²) >= 11 is 1.56. The van der Waals surface area contributed by atoms with Crippen molar-refractivity contribution in [3.63, 3.8) is 0 Å². The number of rotatable bonds is 5. The number of benzene rings is 1. The number of carbonyl (C=O) groups is 1. The van der Waals surface area contributed by atoms with Crippen LogP contribution < -0.4 is 9.47 Å². The van der Waals surface area contributed by atoms with Crippen molar-refractivity contribution < 1.29 is 14.3 Å². The second-order valence-electron chi connectivity index (χ2n) is 5.57. The molecule has 5 heteroatoms. The van der Waals surface area contributed by atoms with E-state index in [2.05, 4.69) is 6.08 Å². The maximum Gasteiger partial charge on any atom is 0.265 e. The average Bonchev–Trinajstić information content (AvgIpc) is 2.86. The van der Waals surface area contributed by atoms with Crippen LogP contribution in [0.25, 0.3) is 0 Å². The van der Waals surface area contributed by atoms with Gasteiger partial charge in [0.2, 0.25) is 0 Å². The zero-order valence-corrected chi connectivity index (χ0v) is 14.5. The highest BCUT2D eigenvalue weighted by atomic mass is 32.2. The van der Waals surface area contributed by atoms with Crippen molar-refractivity contribution in [3.8, 4) is 11.5 Å². The average molecular weight is 331 g/mol. The first-order valence-corrected chi connectivity index (χ1v) is 8.92. The summed E-state index contributed by atoms with van der Waals surface area (Å²) in [4.78, 5) is 15.5. The molecule has 1 amide bonds. The lowest BCUT2D eigenvalue weighted by molar-refractivity contribution is -0.124. The van der Waals surface area contributed by atoms with Gasteiger partial charge in [-0.3, -0.25) is 4.79 Å². The Labute approximate surface area is 141 Å². The Hall–Kier alpha value is -1.88. The molecule has 122 valence electrons. The number of ether oxygens (including phenoxy) is 2. The van der Waals surface area contributed by atoms with Crippen LogP contribution in [0.15, 0.2) is 40.5 Å². The first-order chi connectivity index (χ1) is 11.2. The lowest BCUT2D eigenvalue weighted by Crippen LogP contribution is -2.25. The minimum atomic E-state index is 0.121. The predicted molar refractivity (Wildman–Crippen MR) is 92.6 cm³/mol. The fraction of sp³-hybridized carbons (Fsp3) is 0.389. The van der Waals surface area contributed by atoms with Crippen LogP contribution in [0, 0.1) is 0 Å². The summed E-state index contributed by atoms with van der Waals surface area (Å²) in [5.74, 6) is 1.51. The van der Waals surface area contributed by atoms with Crippen LogP contribution in [-0.4, -0.2) is 31.3 Å². The van der Waals surface area contributed by atoms with E-state index in [0.717, 1.165) is 35.4 Å². The molecule has 1 aromatic carbocycles. The topological polar surface area (TPSA) is 38.8 Å². The SMILES string of the molecule is COc1ccc(CN2C(=O)C(SC)=C3CCCC=C32)cc1OC. The number of methoxy groups -OCH3 is 2. The number of fused-ring (bicyclic) bond motifs is 1. The quantitative estimate of drug-likeness (QED) is 0.824. The van der Waals surface area contributed by atoms with Gasteiger partial charge in [0.25, 0.3) is 5.91 Å².